The lowest BCUT2D eigenvalue weighted by molar-refractivity contribution is -0.144. The second kappa shape index (κ2) is 10.9. The first kappa shape index (κ1) is 24.4. The molecule has 1 atom stereocenters. The van der Waals surface area contributed by atoms with E-state index >= 15 is 0 Å². The molecular weight excluding hydrogens is 414 g/mol. The maximum absolute atomic E-state index is 12.9. The van der Waals surface area contributed by atoms with Crippen molar-refractivity contribution in [3.8, 4) is 0 Å². The second-order valence-electron chi connectivity index (χ2n) is 7.81. The van der Waals surface area contributed by atoms with Gasteiger partial charge in [0, 0.05) is 12.0 Å². The van der Waals surface area contributed by atoms with Gasteiger partial charge in [0.15, 0.2) is 6.04 Å². The van der Waals surface area contributed by atoms with Crippen LogP contribution in [0.5, 0.6) is 0 Å². The Morgan fingerprint density at radius 3 is 2.44 bits per heavy atom. The number of benzene rings is 2. The molecule has 32 heavy (non-hydrogen) atoms. The molecule has 2 aromatic carbocycles. The Balaban J connectivity index is 2.35. The van der Waals surface area contributed by atoms with Gasteiger partial charge in [-0.15, -0.1) is 0 Å². The number of rotatable bonds is 7. The zero-order valence-corrected chi connectivity index (χ0v) is 18.1. The largest absolute Gasteiger partial charge is 0.480 e. The third-order valence-electron chi connectivity index (χ3n) is 4.08. The van der Waals surface area contributed by atoms with E-state index in [1.54, 1.807) is 63.2 Å². The van der Waals surface area contributed by atoms with E-state index < -0.39 is 29.6 Å². The molecule has 0 aliphatic carbocycles. The number of hydrogen-bond donors (Lipinski definition) is 4. The molecule has 0 bridgehead atoms. The van der Waals surface area contributed by atoms with Crippen molar-refractivity contribution >= 4 is 30.0 Å². The Bertz CT molecular complexity index is 972. The summed E-state index contributed by atoms with van der Waals surface area (Å²) in [4.78, 5) is 41.8. The van der Waals surface area contributed by atoms with E-state index in [0.717, 1.165) is 0 Å². The lowest BCUT2D eigenvalue weighted by Gasteiger charge is -2.31. The van der Waals surface area contributed by atoms with E-state index in [-0.39, 0.29) is 12.0 Å². The standard InChI is InChI=1S/C22H27N5O5/c1-22(2,3)32-21(31)27(18(20(29)30)12-15-8-5-4-6-9-15)26-19(28)16-10-7-11-17(13-16)24-14-25-23/h4-11,13-14,18H,12,23H2,1-3H3,(H,24,25)(H,26,28)(H,29,30). The van der Waals surface area contributed by atoms with E-state index in [1.807, 2.05) is 0 Å². The number of nitrogens with two attached hydrogens (primary N) is 1. The van der Waals surface area contributed by atoms with Crippen LogP contribution in [0.3, 0.4) is 0 Å². The molecule has 0 heterocycles. The summed E-state index contributed by atoms with van der Waals surface area (Å²) in [7, 11) is 0. The number of nitrogens with one attached hydrogen (secondary N) is 2. The van der Waals surface area contributed by atoms with Gasteiger partial charge in [-0.3, -0.25) is 10.2 Å². The van der Waals surface area contributed by atoms with Gasteiger partial charge in [-0.25, -0.2) is 25.4 Å². The Labute approximate surface area is 186 Å². The Hall–Kier alpha value is -3.92. The molecule has 2 aromatic rings. The lowest BCUT2D eigenvalue weighted by Crippen LogP contribution is -2.56. The van der Waals surface area contributed by atoms with Crippen LogP contribution < -0.4 is 16.7 Å². The van der Waals surface area contributed by atoms with Crippen molar-refractivity contribution in [2.45, 2.75) is 38.8 Å². The van der Waals surface area contributed by atoms with Gasteiger partial charge in [-0.2, -0.15) is 0 Å². The molecule has 170 valence electrons. The van der Waals surface area contributed by atoms with Gasteiger partial charge in [0.25, 0.3) is 5.91 Å². The van der Waals surface area contributed by atoms with Crippen LogP contribution in [0.25, 0.3) is 0 Å². The molecule has 0 aliphatic rings. The minimum absolute atomic E-state index is 0.0395. The highest BCUT2D eigenvalue weighted by molar-refractivity contribution is 5.96. The average molecular weight is 441 g/mol. The number of carbonyl (C=O) groups is 3. The molecule has 10 heteroatoms. The average Bonchev–Trinajstić information content (AvgIpc) is 2.74. The highest BCUT2D eigenvalue weighted by Crippen LogP contribution is 2.17. The first-order valence-electron chi connectivity index (χ1n) is 9.79. The number of hydrogen-bond acceptors (Lipinski definition) is 6. The molecule has 0 saturated carbocycles. The monoisotopic (exact) mass is 441 g/mol. The number of carbonyl (C=O) groups excluding carboxylic acids is 2. The summed E-state index contributed by atoms with van der Waals surface area (Å²) in [5.41, 5.74) is 5.01. The molecule has 2 amide bonds. The van der Waals surface area contributed by atoms with Gasteiger partial charge in [-0.05, 0) is 44.5 Å². The fourth-order valence-corrected chi connectivity index (χ4v) is 2.70. The number of carboxylic acids is 1. The number of nitrogens with zero attached hydrogens (tertiary/aromatic N) is 2. The highest BCUT2D eigenvalue weighted by atomic mass is 16.6. The van der Waals surface area contributed by atoms with Gasteiger partial charge < -0.3 is 15.3 Å². The van der Waals surface area contributed by atoms with Gasteiger partial charge in [0.05, 0.1) is 5.69 Å². The number of aliphatic imine (C=N–C) groups is 1. The van der Waals surface area contributed by atoms with Crippen LogP contribution in [-0.2, 0) is 16.0 Å². The van der Waals surface area contributed by atoms with Crippen molar-refractivity contribution in [1.29, 1.82) is 0 Å². The van der Waals surface area contributed by atoms with Gasteiger partial charge in [-0.1, -0.05) is 36.4 Å². The SMILES string of the molecule is CC(C)(C)OC(=O)N(NC(=O)c1cccc(N=CNN)c1)C(Cc1ccccc1)C(=O)O. The second-order valence-corrected chi connectivity index (χ2v) is 7.81. The summed E-state index contributed by atoms with van der Waals surface area (Å²) in [6.45, 7) is 4.93. The lowest BCUT2D eigenvalue weighted by atomic mass is 10.1. The van der Waals surface area contributed by atoms with Crippen molar-refractivity contribution in [2.75, 3.05) is 0 Å². The number of carboxylic acid groups (broad SMARTS) is 1. The Morgan fingerprint density at radius 2 is 1.84 bits per heavy atom. The van der Waals surface area contributed by atoms with Crippen LogP contribution in [0.2, 0.25) is 0 Å². The predicted octanol–water partition coefficient (Wildman–Crippen LogP) is 2.39. The van der Waals surface area contributed by atoms with E-state index in [9.17, 15) is 19.5 Å². The zero-order chi connectivity index (χ0) is 23.7. The third-order valence-corrected chi connectivity index (χ3v) is 4.08. The van der Waals surface area contributed by atoms with E-state index in [0.29, 0.717) is 16.3 Å². The molecule has 0 fully saturated rings. The van der Waals surface area contributed by atoms with Crippen molar-refractivity contribution in [2.24, 2.45) is 10.8 Å². The highest BCUT2D eigenvalue weighted by Gasteiger charge is 2.35. The van der Waals surface area contributed by atoms with E-state index in [1.165, 1.54) is 18.5 Å². The molecular formula is C22H27N5O5. The van der Waals surface area contributed by atoms with Crippen LogP contribution in [0.1, 0.15) is 36.7 Å². The first-order chi connectivity index (χ1) is 15.1. The van der Waals surface area contributed by atoms with Crippen LogP contribution in [-0.4, -0.2) is 46.1 Å². The van der Waals surface area contributed by atoms with E-state index in [4.69, 9.17) is 10.6 Å². The summed E-state index contributed by atoms with van der Waals surface area (Å²) in [5.74, 6) is 3.16. The predicted molar refractivity (Wildman–Crippen MR) is 119 cm³/mol. The topological polar surface area (TPSA) is 146 Å². The summed E-state index contributed by atoms with van der Waals surface area (Å²) in [6, 6.07) is 13.6. The normalized spacial score (nSPS) is 12.1. The minimum atomic E-state index is -1.40. The summed E-state index contributed by atoms with van der Waals surface area (Å²) >= 11 is 0. The maximum atomic E-state index is 12.9. The number of hydrazine groups is 2. The quantitative estimate of drug-likeness (QED) is 0.223. The zero-order valence-electron chi connectivity index (χ0n) is 18.1. The Morgan fingerprint density at radius 1 is 1.16 bits per heavy atom. The molecule has 5 N–H and O–H groups in total. The van der Waals surface area contributed by atoms with Crippen molar-refractivity contribution < 1.29 is 24.2 Å². The van der Waals surface area contributed by atoms with Crippen LogP contribution in [0, 0.1) is 0 Å². The van der Waals surface area contributed by atoms with Gasteiger partial charge >= 0.3 is 12.1 Å². The third kappa shape index (κ3) is 7.40. The molecule has 0 saturated heterocycles. The summed E-state index contributed by atoms with van der Waals surface area (Å²) in [5, 5.41) is 10.5. The fraction of sp³-hybridized carbons (Fsp3) is 0.273. The molecule has 1 unspecified atom stereocenters. The van der Waals surface area contributed by atoms with Crippen molar-refractivity contribution in [1.82, 2.24) is 15.9 Å². The number of ether oxygens (including phenoxy) is 1. The summed E-state index contributed by atoms with van der Waals surface area (Å²) in [6.07, 6.45) is 0.211. The van der Waals surface area contributed by atoms with Crippen LogP contribution in [0.4, 0.5) is 10.5 Å². The molecule has 2 rings (SSSR count). The van der Waals surface area contributed by atoms with Gasteiger partial charge in [0.2, 0.25) is 0 Å². The number of aliphatic carboxylic acids is 1. The Kier molecular flexibility index (Phi) is 8.31. The number of amides is 2. The first-order valence-corrected chi connectivity index (χ1v) is 9.79. The van der Waals surface area contributed by atoms with Crippen LogP contribution >= 0.6 is 0 Å². The molecule has 0 radical (unpaired) electrons. The summed E-state index contributed by atoms with van der Waals surface area (Å²) < 4.78 is 5.35. The molecule has 0 aliphatic heterocycles. The molecule has 0 aromatic heterocycles. The van der Waals surface area contributed by atoms with Crippen LogP contribution in [0.15, 0.2) is 59.6 Å². The molecule has 0 spiro atoms. The maximum Gasteiger partial charge on any atom is 0.430 e. The van der Waals surface area contributed by atoms with E-state index in [2.05, 4.69) is 15.8 Å². The molecule has 10 nitrogen and oxygen atoms in total. The smallest absolute Gasteiger partial charge is 0.430 e. The van der Waals surface area contributed by atoms with Crippen molar-refractivity contribution in [3.05, 3.63) is 65.7 Å². The minimum Gasteiger partial charge on any atom is -0.480 e. The fourth-order valence-electron chi connectivity index (χ4n) is 2.70. The van der Waals surface area contributed by atoms with Gasteiger partial charge in [0.1, 0.15) is 11.9 Å². The van der Waals surface area contributed by atoms with Crippen molar-refractivity contribution in [3.63, 3.8) is 0 Å².